The first kappa shape index (κ1) is 7.70. The van der Waals surface area contributed by atoms with Crippen molar-refractivity contribution in [3.63, 3.8) is 0 Å². The van der Waals surface area contributed by atoms with Gasteiger partial charge in [-0.1, -0.05) is 11.3 Å². The van der Waals surface area contributed by atoms with E-state index in [1.54, 1.807) is 23.0 Å². The van der Waals surface area contributed by atoms with Gasteiger partial charge in [0.25, 0.3) is 0 Å². The second kappa shape index (κ2) is 2.84. The van der Waals surface area contributed by atoms with E-state index in [9.17, 15) is 0 Å². The van der Waals surface area contributed by atoms with Crippen molar-refractivity contribution < 1.29 is 4.74 Å². The minimum Gasteiger partial charge on any atom is -0.378 e. The summed E-state index contributed by atoms with van der Waals surface area (Å²) in [5.74, 6) is 0. The smallest absolute Gasteiger partial charge is 0.212 e. The van der Waals surface area contributed by atoms with Crippen LogP contribution in [0.5, 0.6) is 0 Å². The minimum absolute atomic E-state index is 0.551. The lowest BCUT2D eigenvalue weighted by atomic mass is 10.5. The summed E-state index contributed by atoms with van der Waals surface area (Å²) >= 11 is 1.58. The lowest BCUT2D eigenvalue weighted by molar-refractivity contribution is 0.182. The van der Waals surface area contributed by atoms with Crippen molar-refractivity contribution in [1.82, 2.24) is 14.6 Å². The van der Waals surface area contributed by atoms with E-state index in [0.717, 1.165) is 15.7 Å². The van der Waals surface area contributed by atoms with Crippen molar-refractivity contribution in [3.05, 3.63) is 16.9 Å². The fourth-order valence-corrected chi connectivity index (χ4v) is 1.81. The quantitative estimate of drug-likeness (QED) is 0.703. The van der Waals surface area contributed by atoms with Crippen LogP contribution in [0.1, 0.15) is 10.7 Å². The van der Waals surface area contributed by atoms with E-state index in [2.05, 4.69) is 10.1 Å². The van der Waals surface area contributed by atoms with Gasteiger partial charge in [0.2, 0.25) is 4.96 Å². The normalized spacial score (nSPS) is 11.2. The highest BCUT2D eigenvalue weighted by Crippen LogP contribution is 2.13. The molecule has 12 heavy (non-hydrogen) atoms. The maximum atomic E-state index is 4.96. The van der Waals surface area contributed by atoms with Crippen LogP contribution in [0.4, 0.5) is 0 Å². The maximum Gasteiger partial charge on any atom is 0.212 e. The minimum atomic E-state index is 0.551. The molecule has 2 aromatic heterocycles. The van der Waals surface area contributed by atoms with Crippen molar-refractivity contribution >= 4 is 16.3 Å². The van der Waals surface area contributed by atoms with Gasteiger partial charge in [-0.05, 0) is 6.92 Å². The van der Waals surface area contributed by atoms with Gasteiger partial charge in [-0.3, -0.25) is 0 Å². The van der Waals surface area contributed by atoms with Crippen molar-refractivity contribution in [2.75, 3.05) is 7.11 Å². The van der Waals surface area contributed by atoms with Gasteiger partial charge in [-0.15, -0.1) is 0 Å². The molecule has 64 valence electrons. The van der Waals surface area contributed by atoms with Crippen LogP contribution >= 0.6 is 11.3 Å². The molecule has 4 nitrogen and oxygen atoms in total. The standard InChI is InChI=1S/C7H9N3OS/c1-5-9-10-3-6(4-11-2)8-7(10)12-5/h3H,4H2,1-2H3. The Labute approximate surface area is 73.8 Å². The molecule has 0 aliphatic carbocycles. The molecule has 2 rings (SSSR count). The molecule has 5 heteroatoms. The van der Waals surface area contributed by atoms with E-state index in [1.165, 1.54) is 0 Å². The first-order valence-corrected chi connectivity index (χ1v) is 4.42. The Balaban J connectivity index is 2.43. The number of fused-ring (bicyclic) bond motifs is 1. The predicted octanol–water partition coefficient (Wildman–Crippen LogP) is 1.25. The number of ether oxygens (including phenoxy) is 1. The summed E-state index contributed by atoms with van der Waals surface area (Å²) in [6, 6.07) is 0. The molecule has 0 aromatic carbocycles. The lowest BCUT2D eigenvalue weighted by Gasteiger charge is -1.88. The summed E-state index contributed by atoms with van der Waals surface area (Å²) in [5.41, 5.74) is 0.927. The van der Waals surface area contributed by atoms with Gasteiger partial charge >= 0.3 is 0 Å². The molecule has 2 aromatic rings. The molecular formula is C7H9N3OS. The van der Waals surface area contributed by atoms with E-state index >= 15 is 0 Å². The number of aromatic nitrogens is 3. The fourth-order valence-electron chi connectivity index (χ4n) is 1.06. The molecule has 0 aliphatic rings. The van der Waals surface area contributed by atoms with Crippen LogP contribution in [-0.2, 0) is 11.3 Å². The first-order chi connectivity index (χ1) is 5.79. The summed E-state index contributed by atoms with van der Waals surface area (Å²) in [4.78, 5) is 5.25. The Morgan fingerprint density at radius 2 is 2.50 bits per heavy atom. The molecule has 2 heterocycles. The Morgan fingerprint density at radius 3 is 3.17 bits per heavy atom. The highest BCUT2D eigenvalue weighted by atomic mass is 32.1. The number of rotatable bonds is 2. The summed E-state index contributed by atoms with van der Waals surface area (Å²) in [6.07, 6.45) is 1.89. The Morgan fingerprint density at radius 1 is 1.67 bits per heavy atom. The van der Waals surface area contributed by atoms with Crippen LogP contribution in [0.25, 0.3) is 4.96 Å². The number of hydrogen-bond donors (Lipinski definition) is 0. The van der Waals surface area contributed by atoms with Crippen molar-refractivity contribution in [2.24, 2.45) is 0 Å². The van der Waals surface area contributed by atoms with Gasteiger partial charge in [-0.25, -0.2) is 9.50 Å². The summed E-state index contributed by atoms with van der Waals surface area (Å²) in [5, 5.41) is 5.26. The molecule has 0 saturated heterocycles. The molecule has 0 N–H and O–H groups in total. The van der Waals surface area contributed by atoms with Crippen LogP contribution in [-0.4, -0.2) is 21.7 Å². The van der Waals surface area contributed by atoms with Crippen molar-refractivity contribution in [3.8, 4) is 0 Å². The van der Waals surface area contributed by atoms with Crippen LogP contribution in [0, 0.1) is 6.92 Å². The number of aryl methyl sites for hydroxylation is 1. The Bertz CT molecular complexity index is 361. The topological polar surface area (TPSA) is 39.4 Å². The zero-order valence-corrected chi connectivity index (χ0v) is 7.76. The predicted molar refractivity (Wildman–Crippen MR) is 46.3 cm³/mol. The lowest BCUT2D eigenvalue weighted by Crippen LogP contribution is -1.86. The van der Waals surface area contributed by atoms with Crippen LogP contribution < -0.4 is 0 Å². The number of hydrogen-bond acceptors (Lipinski definition) is 4. The van der Waals surface area contributed by atoms with Gasteiger partial charge in [0.15, 0.2) is 0 Å². The third kappa shape index (κ3) is 1.21. The van der Waals surface area contributed by atoms with Gasteiger partial charge < -0.3 is 4.74 Å². The van der Waals surface area contributed by atoms with E-state index in [1.807, 2.05) is 13.1 Å². The average molecular weight is 183 g/mol. The van der Waals surface area contributed by atoms with Crippen molar-refractivity contribution in [2.45, 2.75) is 13.5 Å². The second-order valence-corrected chi connectivity index (χ2v) is 3.67. The molecule has 0 spiro atoms. The first-order valence-electron chi connectivity index (χ1n) is 3.60. The van der Waals surface area contributed by atoms with Gasteiger partial charge in [0.05, 0.1) is 18.5 Å². The number of methoxy groups -OCH3 is 1. The van der Waals surface area contributed by atoms with E-state index in [4.69, 9.17) is 4.74 Å². The highest BCUT2D eigenvalue weighted by Gasteiger charge is 2.04. The summed E-state index contributed by atoms with van der Waals surface area (Å²) < 4.78 is 6.74. The zero-order valence-electron chi connectivity index (χ0n) is 6.94. The summed E-state index contributed by atoms with van der Waals surface area (Å²) in [6.45, 7) is 2.52. The Kier molecular flexibility index (Phi) is 1.82. The van der Waals surface area contributed by atoms with Crippen molar-refractivity contribution in [1.29, 1.82) is 0 Å². The van der Waals surface area contributed by atoms with E-state index in [0.29, 0.717) is 6.61 Å². The number of nitrogens with zero attached hydrogens (tertiary/aromatic N) is 3. The number of imidazole rings is 1. The molecule has 0 atom stereocenters. The molecule has 0 unspecified atom stereocenters. The molecule has 0 saturated carbocycles. The molecule has 0 bridgehead atoms. The second-order valence-electron chi connectivity index (χ2n) is 2.51. The van der Waals surface area contributed by atoms with Gasteiger partial charge in [0.1, 0.15) is 5.01 Å². The van der Waals surface area contributed by atoms with Crippen LogP contribution in [0.15, 0.2) is 6.20 Å². The fraction of sp³-hybridized carbons (Fsp3) is 0.429. The van der Waals surface area contributed by atoms with E-state index < -0.39 is 0 Å². The van der Waals surface area contributed by atoms with Crippen LogP contribution in [0.2, 0.25) is 0 Å². The average Bonchev–Trinajstić information content (AvgIpc) is 2.44. The Hall–Kier alpha value is -0.940. The highest BCUT2D eigenvalue weighted by molar-refractivity contribution is 7.16. The molecule has 0 aliphatic heterocycles. The SMILES string of the molecule is COCc1cn2nc(C)sc2n1. The largest absolute Gasteiger partial charge is 0.378 e. The van der Waals surface area contributed by atoms with Gasteiger partial charge in [-0.2, -0.15) is 5.10 Å². The van der Waals surface area contributed by atoms with Crippen LogP contribution in [0.3, 0.4) is 0 Å². The third-order valence-corrected chi connectivity index (χ3v) is 2.32. The van der Waals surface area contributed by atoms with Gasteiger partial charge in [0, 0.05) is 7.11 Å². The monoisotopic (exact) mass is 183 g/mol. The van der Waals surface area contributed by atoms with E-state index in [-0.39, 0.29) is 0 Å². The summed E-state index contributed by atoms with van der Waals surface area (Å²) in [7, 11) is 1.66. The molecule has 0 amide bonds. The third-order valence-electron chi connectivity index (χ3n) is 1.49. The molecular weight excluding hydrogens is 174 g/mol. The molecule has 0 radical (unpaired) electrons. The molecule has 0 fully saturated rings. The zero-order chi connectivity index (χ0) is 8.55. The maximum absolute atomic E-state index is 4.96.